The van der Waals surface area contributed by atoms with Crippen LogP contribution in [0.1, 0.15) is 30.1 Å². The van der Waals surface area contributed by atoms with Gasteiger partial charge >= 0.3 is 5.97 Å². The third-order valence-electron chi connectivity index (χ3n) is 2.93. The number of Topliss-reactive ketones (excluding diaryl/α,β-unsaturated/α-hetero) is 1. The molecular formula is C13H14ClNO3. The van der Waals surface area contributed by atoms with E-state index in [1.165, 1.54) is 6.20 Å². The molecule has 18 heavy (non-hydrogen) atoms. The number of carbonyl (C=O) groups excluding carboxylic acids is 2. The van der Waals surface area contributed by atoms with E-state index in [1.807, 2.05) is 0 Å². The van der Waals surface area contributed by atoms with E-state index in [4.69, 9.17) is 16.3 Å². The third kappa shape index (κ3) is 2.88. The van der Waals surface area contributed by atoms with E-state index in [-0.39, 0.29) is 18.3 Å². The number of rotatable bonds is 5. The summed E-state index contributed by atoms with van der Waals surface area (Å²) < 4.78 is 4.97. The number of carbonyl (C=O) groups is 2. The Morgan fingerprint density at radius 1 is 1.50 bits per heavy atom. The van der Waals surface area contributed by atoms with Gasteiger partial charge in [-0.3, -0.25) is 9.59 Å². The molecule has 0 aliphatic heterocycles. The molecule has 0 aromatic carbocycles. The highest BCUT2D eigenvalue weighted by Crippen LogP contribution is 2.39. The van der Waals surface area contributed by atoms with E-state index in [2.05, 4.69) is 4.98 Å². The first-order valence-electron chi connectivity index (χ1n) is 5.96. The SMILES string of the molecule is CCOC(=O)C(C(=O)c1ccc(Cl)nc1)C1CC1. The average Bonchev–Trinajstić information content (AvgIpc) is 3.15. The van der Waals surface area contributed by atoms with Crippen molar-refractivity contribution in [3.05, 3.63) is 29.0 Å². The first-order valence-corrected chi connectivity index (χ1v) is 6.33. The number of aromatic nitrogens is 1. The van der Waals surface area contributed by atoms with Crippen LogP contribution < -0.4 is 0 Å². The highest BCUT2D eigenvalue weighted by atomic mass is 35.5. The molecule has 1 saturated carbocycles. The van der Waals surface area contributed by atoms with Gasteiger partial charge in [0.05, 0.1) is 6.61 Å². The predicted molar refractivity (Wildman–Crippen MR) is 66.4 cm³/mol. The molecule has 0 spiro atoms. The fourth-order valence-electron chi connectivity index (χ4n) is 1.88. The quantitative estimate of drug-likeness (QED) is 0.356. The van der Waals surface area contributed by atoms with Gasteiger partial charge in [0.15, 0.2) is 5.78 Å². The van der Waals surface area contributed by atoms with Gasteiger partial charge in [0.2, 0.25) is 0 Å². The van der Waals surface area contributed by atoms with Crippen molar-refractivity contribution in [2.45, 2.75) is 19.8 Å². The number of ketones is 1. The second-order valence-corrected chi connectivity index (χ2v) is 4.69. The molecule has 1 aromatic rings. The number of esters is 1. The molecule has 1 heterocycles. The molecule has 96 valence electrons. The maximum absolute atomic E-state index is 12.3. The Kier molecular flexibility index (Phi) is 3.97. The lowest BCUT2D eigenvalue weighted by molar-refractivity contribution is -0.146. The van der Waals surface area contributed by atoms with Crippen molar-refractivity contribution < 1.29 is 14.3 Å². The number of halogens is 1. The molecule has 0 amide bonds. The predicted octanol–water partition coefficient (Wildman–Crippen LogP) is 2.51. The maximum atomic E-state index is 12.3. The fourth-order valence-corrected chi connectivity index (χ4v) is 1.99. The van der Waals surface area contributed by atoms with Gasteiger partial charge < -0.3 is 4.74 Å². The molecule has 5 heteroatoms. The van der Waals surface area contributed by atoms with E-state index in [0.717, 1.165) is 12.8 Å². The van der Waals surface area contributed by atoms with Gasteiger partial charge in [0, 0.05) is 11.8 Å². The van der Waals surface area contributed by atoms with Gasteiger partial charge in [0.1, 0.15) is 11.1 Å². The Labute approximate surface area is 110 Å². The fraction of sp³-hybridized carbons (Fsp3) is 0.462. The van der Waals surface area contributed by atoms with Gasteiger partial charge in [0.25, 0.3) is 0 Å². The Morgan fingerprint density at radius 3 is 2.72 bits per heavy atom. The molecule has 0 N–H and O–H groups in total. The Morgan fingerprint density at radius 2 is 2.22 bits per heavy atom. The highest BCUT2D eigenvalue weighted by Gasteiger charge is 2.42. The Hall–Kier alpha value is -1.42. The van der Waals surface area contributed by atoms with Crippen molar-refractivity contribution in [1.82, 2.24) is 4.98 Å². The maximum Gasteiger partial charge on any atom is 0.317 e. The molecule has 1 aromatic heterocycles. The summed E-state index contributed by atoms with van der Waals surface area (Å²) in [5.41, 5.74) is 0.407. The minimum absolute atomic E-state index is 0.118. The Bertz CT molecular complexity index is 454. The minimum atomic E-state index is -0.687. The van der Waals surface area contributed by atoms with E-state index < -0.39 is 11.9 Å². The van der Waals surface area contributed by atoms with Crippen LogP contribution in [0.15, 0.2) is 18.3 Å². The number of hydrogen-bond acceptors (Lipinski definition) is 4. The second kappa shape index (κ2) is 5.48. The van der Waals surface area contributed by atoms with E-state index >= 15 is 0 Å². The van der Waals surface area contributed by atoms with E-state index in [9.17, 15) is 9.59 Å². The van der Waals surface area contributed by atoms with Crippen LogP contribution in [0.2, 0.25) is 5.15 Å². The van der Waals surface area contributed by atoms with Crippen molar-refractivity contribution in [2.75, 3.05) is 6.61 Å². The lowest BCUT2D eigenvalue weighted by Crippen LogP contribution is -2.28. The Balaban J connectivity index is 2.18. The molecule has 2 rings (SSSR count). The van der Waals surface area contributed by atoms with E-state index in [1.54, 1.807) is 19.1 Å². The third-order valence-corrected chi connectivity index (χ3v) is 3.15. The van der Waals surface area contributed by atoms with Gasteiger partial charge in [-0.15, -0.1) is 0 Å². The van der Waals surface area contributed by atoms with Crippen molar-refractivity contribution in [3.8, 4) is 0 Å². The van der Waals surface area contributed by atoms with Crippen molar-refractivity contribution in [3.63, 3.8) is 0 Å². The lowest BCUT2D eigenvalue weighted by atomic mass is 9.94. The van der Waals surface area contributed by atoms with Gasteiger partial charge in [-0.2, -0.15) is 0 Å². The molecule has 1 unspecified atom stereocenters. The number of nitrogens with zero attached hydrogens (tertiary/aromatic N) is 1. The summed E-state index contributed by atoms with van der Waals surface area (Å²) >= 11 is 5.67. The summed E-state index contributed by atoms with van der Waals surface area (Å²) in [5, 5.41) is 0.325. The summed E-state index contributed by atoms with van der Waals surface area (Å²) in [6.45, 7) is 2.02. The zero-order chi connectivity index (χ0) is 13.1. The van der Waals surface area contributed by atoms with E-state index in [0.29, 0.717) is 10.7 Å². The number of ether oxygens (including phenoxy) is 1. The monoisotopic (exact) mass is 267 g/mol. The van der Waals surface area contributed by atoms with Crippen molar-refractivity contribution in [1.29, 1.82) is 0 Å². The van der Waals surface area contributed by atoms with Crippen LogP contribution in [0.4, 0.5) is 0 Å². The zero-order valence-corrected chi connectivity index (χ0v) is 10.8. The van der Waals surface area contributed by atoms with Crippen LogP contribution in [0, 0.1) is 11.8 Å². The molecule has 1 fully saturated rings. The van der Waals surface area contributed by atoms with Crippen LogP contribution >= 0.6 is 11.6 Å². The summed E-state index contributed by atoms with van der Waals surface area (Å²) in [4.78, 5) is 27.9. The lowest BCUT2D eigenvalue weighted by Gasteiger charge is -2.13. The van der Waals surface area contributed by atoms with Gasteiger partial charge in [-0.1, -0.05) is 11.6 Å². The molecule has 1 atom stereocenters. The van der Waals surface area contributed by atoms with Crippen LogP contribution in [-0.2, 0) is 9.53 Å². The van der Waals surface area contributed by atoms with Crippen molar-refractivity contribution >= 4 is 23.4 Å². The zero-order valence-electron chi connectivity index (χ0n) is 10.1. The topological polar surface area (TPSA) is 56.3 Å². The molecule has 1 aliphatic rings. The van der Waals surface area contributed by atoms with Crippen LogP contribution in [-0.4, -0.2) is 23.3 Å². The normalized spacial score (nSPS) is 16.1. The van der Waals surface area contributed by atoms with Crippen LogP contribution in [0.3, 0.4) is 0 Å². The molecule has 4 nitrogen and oxygen atoms in total. The smallest absolute Gasteiger partial charge is 0.317 e. The highest BCUT2D eigenvalue weighted by molar-refractivity contribution is 6.29. The largest absolute Gasteiger partial charge is 0.465 e. The summed E-state index contributed by atoms with van der Waals surface area (Å²) in [6, 6.07) is 3.14. The van der Waals surface area contributed by atoms with Crippen molar-refractivity contribution in [2.24, 2.45) is 11.8 Å². The van der Waals surface area contributed by atoms with Crippen LogP contribution in [0.5, 0.6) is 0 Å². The molecule has 0 radical (unpaired) electrons. The summed E-state index contributed by atoms with van der Waals surface area (Å²) in [7, 11) is 0. The standard InChI is InChI=1S/C13H14ClNO3/c1-2-18-13(17)11(8-3-4-8)12(16)9-5-6-10(14)15-7-9/h5-8,11H,2-4H2,1H3. The summed E-state index contributed by atoms with van der Waals surface area (Å²) in [5.74, 6) is -1.22. The van der Waals surface area contributed by atoms with Crippen LogP contribution in [0.25, 0.3) is 0 Å². The number of pyridine rings is 1. The molecule has 1 aliphatic carbocycles. The first-order chi connectivity index (χ1) is 8.63. The molecule has 0 bridgehead atoms. The average molecular weight is 268 g/mol. The molecule has 0 saturated heterocycles. The second-order valence-electron chi connectivity index (χ2n) is 4.30. The summed E-state index contributed by atoms with van der Waals surface area (Å²) in [6.07, 6.45) is 3.20. The first kappa shape index (κ1) is 13.0. The van der Waals surface area contributed by atoms with Gasteiger partial charge in [-0.05, 0) is 37.8 Å². The van der Waals surface area contributed by atoms with Gasteiger partial charge in [-0.25, -0.2) is 4.98 Å². The minimum Gasteiger partial charge on any atom is -0.465 e. The molecular weight excluding hydrogens is 254 g/mol. The number of hydrogen-bond donors (Lipinski definition) is 0.